The van der Waals surface area contributed by atoms with E-state index in [1.54, 1.807) is 18.2 Å². The second-order valence-corrected chi connectivity index (χ2v) is 10.1. The van der Waals surface area contributed by atoms with Crippen LogP contribution < -0.4 is 9.51 Å². The smallest absolute Gasteiger partial charge is 0.129 e. The van der Waals surface area contributed by atoms with Crippen molar-refractivity contribution in [3.05, 3.63) is 46.3 Å². The van der Waals surface area contributed by atoms with Gasteiger partial charge in [0.05, 0.1) is 23.1 Å². The molecule has 174 valence electrons. The molecule has 1 aromatic carbocycles. The maximum atomic E-state index is 10.1. The summed E-state index contributed by atoms with van der Waals surface area (Å²) in [7, 11) is 6.21. The molecule has 6 nitrogen and oxygen atoms in total. The highest BCUT2D eigenvalue weighted by Crippen LogP contribution is 2.37. The molecular weight excluding hydrogens is 441 g/mol. The summed E-state index contributed by atoms with van der Waals surface area (Å²) in [5, 5.41) is 28.4. The molecule has 3 rings (SSSR count). The number of rotatable bonds is 10. The molecule has 8 heteroatoms. The minimum Gasteiger partial charge on any atom is -0.492 e. The van der Waals surface area contributed by atoms with Crippen molar-refractivity contribution >= 4 is 24.0 Å². The van der Waals surface area contributed by atoms with Gasteiger partial charge in [-0.05, 0) is 59.9 Å². The van der Waals surface area contributed by atoms with E-state index in [2.05, 4.69) is 41.9 Å². The zero-order valence-electron chi connectivity index (χ0n) is 20.0. The molecule has 0 aliphatic carbocycles. The number of piperazine rings is 1. The van der Waals surface area contributed by atoms with Crippen molar-refractivity contribution in [1.29, 1.82) is 15.8 Å². The lowest BCUT2D eigenvalue weighted by atomic mass is 9.68. The standard InChI is InChI=1S/C26H30BN5OS/c1-20(2)26(19-30,24-16-23(18-29)34-25(24)27)7-4-8-31-9-11-32(12-10-31)13-14-33-22-6-3-5-21(15-22)17-28/h3,5-6,15-16,20H,4,7-14H2,1-2H3. The Labute approximate surface area is 208 Å². The van der Waals surface area contributed by atoms with Crippen LogP contribution in [0, 0.1) is 39.9 Å². The molecule has 2 aromatic rings. The van der Waals surface area contributed by atoms with Crippen molar-refractivity contribution in [2.75, 3.05) is 45.9 Å². The Morgan fingerprint density at radius 3 is 2.35 bits per heavy atom. The third-order valence-electron chi connectivity index (χ3n) is 6.69. The third kappa shape index (κ3) is 6.19. The summed E-state index contributed by atoms with van der Waals surface area (Å²) in [6.45, 7) is 10.5. The van der Waals surface area contributed by atoms with Crippen molar-refractivity contribution in [3.63, 3.8) is 0 Å². The van der Waals surface area contributed by atoms with Gasteiger partial charge < -0.3 is 9.64 Å². The molecule has 0 N–H and O–H groups in total. The number of benzene rings is 1. The van der Waals surface area contributed by atoms with Gasteiger partial charge in [-0.2, -0.15) is 15.8 Å². The van der Waals surface area contributed by atoms with E-state index in [-0.39, 0.29) is 5.92 Å². The lowest BCUT2D eigenvalue weighted by Gasteiger charge is -2.36. The van der Waals surface area contributed by atoms with Gasteiger partial charge >= 0.3 is 0 Å². The van der Waals surface area contributed by atoms with Gasteiger partial charge in [0.1, 0.15) is 31.1 Å². The first-order valence-corrected chi connectivity index (χ1v) is 12.5. The van der Waals surface area contributed by atoms with E-state index in [9.17, 15) is 10.5 Å². The third-order valence-corrected chi connectivity index (χ3v) is 7.56. The summed E-state index contributed by atoms with van der Waals surface area (Å²) in [6, 6.07) is 15.9. The zero-order valence-corrected chi connectivity index (χ0v) is 20.8. The molecule has 0 amide bonds. The summed E-state index contributed by atoms with van der Waals surface area (Å²) < 4.78 is 6.40. The molecule has 0 spiro atoms. The molecule has 0 bridgehead atoms. The fraction of sp³-hybridized carbons (Fsp3) is 0.500. The van der Waals surface area contributed by atoms with E-state index >= 15 is 0 Å². The minimum absolute atomic E-state index is 0.103. The fourth-order valence-electron chi connectivity index (χ4n) is 4.55. The Balaban J connectivity index is 1.45. The number of hydrogen-bond donors (Lipinski definition) is 0. The van der Waals surface area contributed by atoms with Gasteiger partial charge in [-0.15, -0.1) is 11.3 Å². The fourth-order valence-corrected chi connectivity index (χ4v) is 5.36. The molecule has 2 radical (unpaired) electrons. The van der Waals surface area contributed by atoms with Gasteiger partial charge in [-0.1, -0.05) is 19.9 Å². The largest absolute Gasteiger partial charge is 0.492 e. The molecule has 1 saturated heterocycles. The quantitative estimate of drug-likeness (QED) is 0.495. The van der Waals surface area contributed by atoms with Gasteiger partial charge in [0, 0.05) is 32.7 Å². The Bertz CT molecular complexity index is 1090. The first-order valence-electron chi connectivity index (χ1n) is 11.7. The second-order valence-electron chi connectivity index (χ2n) is 9.01. The van der Waals surface area contributed by atoms with Crippen LogP contribution in [0.25, 0.3) is 0 Å². The monoisotopic (exact) mass is 471 g/mol. The Kier molecular flexibility index (Phi) is 9.14. The lowest BCUT2D eigenvalue weighted by Crippen LogP contribution is -2.47. The molecule has 1 atom stereocenters. The Morgan fingerprint density at radius 2 is 1.76 bits per heavy atom. The van der Waals surface area contributed by atoms with Gasteiger partial charge in [0.2, 0.25) is 0 Å². The number of nitrogens with zero attached hydrogens (tertiary/aromatic N) is 5. The Hall–Kier alpha value is -2.83. The van der Waals surface area contributed by atoms with Crippen molar-refractivity contribution < 1.29 is 4.74 Å². The first-order chi connectivity index (χ1) is 16.4. The van der Waals surface area contributed by atoms with Crippen LogP contribution >= 0.6 is 11.3 Å². The molecule has 1 aliphatic rings. The van der Waals surface area contributed by atoms with Crippen LogP contribution in [-0.2, 0) is 5.41 Å². The van der Waals surface area contributed by atoms with E-state index < -0.39 is 5.41 Å². The van der Waals surface area contributed by atoms with E-state index in [1.807, 2.05) is 12.1 Å². The average Bonchev–Trinajstić information content (AvgIpc) is 3.24. The highest BCUT2D eigenvalue weighted by molar-refractivity contribution is 7.20. The first kappa shape index (κ1) is 25.8. The van der Waals surface area contributed by atoms with Crippen LogP contribution in [0.2, 0.25) is 0 Å². The average molecular weight is 471 g/mol. The topological polar surface area (TPSA) is 87.1 Å². The maximum absolute atomic E-state index is 10.1. The van der Waals surface area contributed by atoms with Crippen LogP contribution in [0.15, 0.2) is 30.3 Å². The number of ether oxygens (including phenoxy) is 1. The Morgan fingerprint density at radius 1 is 1.06 bits per heavy atom. The summed E-state index contributed by atoms with van der Waals surface area (Å²) in [4.78, 5) is 5.41. The molecule has 0 saturated carbocycles. The summed E-state index contributed by atoms with van der Waals surface area (Å²) in [6.07, 6.45) is 1.63. The molecule has 2 heterocycles. The van der Waals surface area contributed by atoms with Crippen molar-refractivity contribution in [1.82, 2.24) is 9.80 Å². The van der Waals surface area contributed by atoms with E-state index in [0.717, 1.165) is 63.4 Å². The molecular formula is C26H30BN5OS. The van der Waals surface area contributed by atoms with Gasteiger partial charge in [0.25, 0.3) is 0 Å². The van der Waals surface area contributed by atoms with E-state index in [1.165, 1.54) is 11.3 Å². The van der Waals surface area contributed by atoms with E-state index in [0.29, 0.717) is 21.8 Å². The predicted molar refractivity (Wildman–Crippen MR) is 135 cm³/mol. The summed E-state index contributed by atoms with van der Waals surface area (Å²) in [5.74, 6) is 0.837. The minimum atomic E-state index is -0.669. The van der Waals surface area contributed by atoms with Crippen molar-refractivity contribution in [3.8, 4) is 24.0 Å². The highest BCUT2D eigenvalue weighted by Gasteiger charge is 2.37. The van der Waals surface area contributed by atoms with Gasteiger partial charge in [-0.25, -0.2) is 0 Å². The van der Waals surface area contributed by atoms with Crippen molar-refractivity contribution in [2.45, 2.75) is 32.1 Å². The molecule has 34 heavy (non-hydrogen) atoms. The normalized spacial score (nSPS) is 16.4. The maximum Gasteiger partial charge on any atom is 0.129 e. The van der Waals surface area contributed by atoms with Crippen LogP contribution in [-0.4, -0.2) is 63.5 Å². The van der Waals surface area contributed by atoms with Crippen LogP contribution in [0.5, 0.6) is 5.75 Å². The highest BCUT2D eigenvalue weighted by atomic mass is 32.1. The summed E-state index contributed by atoms with van der Waals surface area (Å²) in [5.41, 5.74) is 0.755. The number of nitriles is 3. The predicted octanol–water partition coefficient (Wildman–Crippen LogP) is 3.18. The number of thiophene rings is 1. The van der Waals surface area contributed by atoms with E-state index in [4.69, 9.17) is 17.8 Å². The van der Waals surface area contributed by atoms with Gasteiger partial charge in [0.15, 0.2) is 0 Å². The van der Waals surface area contributed by atoms with Crippen LogP contribution in [0.3, 0.4) is 0 Å². The van der Waals surface area contributed by atoms with Crippen LogP contribution in [0.4, 0.5) is 0 Å². The zero-order chi connectivity index (χ0) is 24.6. The molecule has 1 aromatic heterocycles. The lowest BCUT2D eigenvalue weighted by molar-refractivity contribution is 0.114. The second kappa shape index (κ2) is 12.0. The number of hydrogen-bond acceptors (Lipinski definition) is 7. The SMILES string of the molecule is [B]c1sc(C#N)cc1C(C#N)(CCCN1CCN(CCOc2cccc(C#N)c2)CC1)C(C)C. The summed E-state index contributed by atoms with van der Waals surface area (Å²) >= 11 is 1.27. The van der Waals surface area contributed by atoms with Gasteiger partial charge in [-0.3, -0.25) is 4.90 Å². The van der Waals surface area contributed by atoms with Crippen LogP contribution in [0.1, 0.15) is 42.7 Å². The molecule has 1 fully saturated rings. The molecule has 1 unspecified atom stereocenters. The van der Waals surface area contributed by atoms with Crippen molar-refractivity contribution in [2.24, 2.45) is 5.92 Å². The molecule has 1 aliphatic heterocycles.